The van der Waals surface area contributed by atoms with Crippen molar-refractivity contribution in [1.82, 2.24) is 10.0 Å². The third-order valence-electron chi connectivity index (χ3n) is 3.77. The van der Waals surface area contributed by atoms with Crippen molar-refractivity contribution in [1.29, 1.82) is 0 Å². The molecule has 3 N–H and O–H groups in total. The van der Waals surface area contributed by atoms with Crippen molar-refractivity contribution in [3.8, 4) is 0 Å². The molecule has 0 fully saturated rings. The van der Waals surface area contributed by atoms with Crippen LogP contribution in [-0.4, -0.2) is 52.1 Å². The average molecular weight is 379 g/mol. The minimum atomic E-state index is -3.99. The molecule has 0 aromatic heterocycles. The Morgan fingerprint density at radius 1 is 1.12 bits per heavy atom. The molecule has 9 heteroatoms. The molecule has 1 amide bonds. The van der Waals surface area contributed by atoms with E-state index in [0.29, 0.717) is 5.39 Å². The van der Waals surface area contributed by atoms with Gasteiger partial charge in [0.15, 0.2) is 0 Å². The van der Waals surface area contributed by atoms with E-state index in [1.54, 1.807) is 18.2 Å². The molecule has 0 spiro atoms. The molecule has 2 aromatic rings. The van der Waals surface area contributed by atoms with Crippen molar-refractivity contribution in [2.24, 2.45) is 0 Å². The fourth-order valence-corrected chi connectivity index (χ4v) is 3.98. The minimum Gasteiger partial charge on any atom is -0.480 e. The third-order valence-corrected chi connectivity index (χ3v) is 5.37. The fraction of sp³-hybridized carbons (Fsp3) is 0.294. The highest BCUT2D eigenvalue weighted by Crippen LogP contribution is 2.30. The molecular weight excluding hydrogens is 358 g/mol. The van der Waals surface area contributed by atoms with Crippen molar-refractivity contribution in [3.63, 3.8) is 0 Å². The molecule has 140 valence electrons. The van der Waals surface area contributed by atoms with Crippen LogP contribution in [0.15, 0.2) is 41.3 Å². The van der Waals surface area contributed by atoms with Crippen molar-refractivity contribution < 1.29 is 23.1 Å². The Kier molecular flexibility index (Phi) is 5.83. The van der Waals surface area contributed by atoms with E-state index in [0.717, 1.165) is 11.1 Å². The van der Waals surface area contributed by atoms with Crippen LogP contribution < -0.4 is 14.9 Å². The van der Waals surface area contributed by atoms with Gasteiger partial charge in [0.1, 0.15) is 6.54 Å². The summed E-state index contributed by atoms with van der Waals surface area (Å²) in [6, 6.07) is 9.16. The number of nitrogens with one attached hydrogen (secondary N) is 2. The number of amides is 1. The van der Waals surface area contributed by atoms with Crippen LogP contribution in [0.4, 0.5) is 5.69 Å². The molecule has 0 bridgehead atoms. The lowest BCUT2D eigenvalue weighted by Gasteiger charge is -2.18. The first-order valence-corrected chi connectivity index (χ1v) is 9.32. The maximum atomic E-state index is 12.8. The summed E-state index contributed by atoms with van der Waals surface area (Å²) in [6.07, 6.45) is 0. The highest BCUT2D eigenvalue weighted by atomic mass is 32.2. The number of aliphatic carboxylic acids is 1. The van der Waals surface area contributed by atoms with Crippen LogP contribution in [0.25, 0.3) is 10.8 Å². The molecule has 0 saturated heterocycles. The first-order valence-electron chi connectivity index (χ1n) is 7.84. The van der Waals surface area contributed by atoms with Gasteiger partial charge in [-0.1, -0.05) is 24.3 Å². The third kappa shape index (κ3) is 4.30. The second-order valence-corrected chi connectivity index (χ2v) is 7.66. The van der Waals surface area contributed by atoms with E-state index in [1.807, 2.05) is 31.1 Å². The molecule has 0 heterocycles. The molecule has 0 aliphatic rings. The first kappa shape index (κ1) is 19.7. The van der Waals surface area contributed by atoms with Gasteiger partial charge in [-0.15, -0.1) is 0 Å². The summed E-state index contributed by atoms with van der Waals surface area (Å²) in [5.74, 6) is -1.93. The zero-order valence-corrected chi connectivity index (χ0v) is 15.5. The number of carboxylic acids is 1. The van der Waals surface area contributed by atoms with Crippen LogP contribution in [0, 0.1) is 0 Å². The molecular formula is C17H21N3O5S. The average Bonchev–Trinajstić information content (AvgIpc) is 2.57. The van der Waals surface area contributed by atoms with Crippen LogP contribution in [-0.2, 0) is 19.6 Å². The number of hydrogen-bond donors (Lipinski definition) is 3. The molecule has 0 unspecified atom stereocenters. The minimum absolute atomic E-state index is 0.0524. The number of hydrogen-bond acceptors (Lipinski definition) is 5. The largest absolute Gasteiger partial charge is 0.480 e. The molecule has 26 heavy (non-hydrogen) atoms. The summed E-state index contributed by atoms with van der Waals surface area (Å²) in [6.45, 7) is 0.774. The van der Waals surface area contributed by atoms with E-state index in [2.05, 4.69) is 10.0 Å². The number of carbonyl (C=O) groups excluding carboxylic acids is 1. The topological polar surface area (TPSA) is 116 Å². The van der Waals surface area contributed by atoms with Gasteiger partial charge in [0.2, 0.25) is 15.9 Å². The number of benzene rings is 2. The van der Waals surface area contributed by atoms with E-state index in [4.69, 9.17) is 5.11 Å². The zero-order chi connectivity index (χ0) is 19.5. The van der Waals surface area contributed by atoms with Crippen LogP contribution in [0.2, 0.25) is 0 Å². The Balaban J connectivity index is 2.36. The standard InChI is InChI=1S/C17H21N3O5S/c1-11(17(23)18-10-16(21)22)19-26(24,25)15-9-5-6-12-13(15)7-4-8-14(12)20(2)3/h4-9,11,19H,10H2,1-3H3,(H,18,23)(H,21,22)/t11-/m0/s1. The van der Waals surface area contributed by atoms with E-state index >= 15 is 0 Å². The lowest BCUT2D eigenvalue weighted by atomic mass is 10.1. The number of rotatable bonds is 7. The van der Waals surface area contributed by atoms with Crippen LogP contribution in [0.3, 0.4) is 0 Å². The summed E-state index contributed by atoms with van der Waals surface area (Å²) >= 11 is 0. The molecule has 8 nitrogen and oxygen atoms in total. The highest BCUT2D eigenvalue weighted by Gasteiger charge is 2.24. The quantitative estimate of drug-likeness (QED) is 0.655. The van der Waals surface area contributed by atoms with Crippen LogP contribution >= 0.6 is 0 Å². The van der Waals surface area contributed by atoms with Gasteiger partial charge in [-0.3, -0.25) is 9.59 Å². The summed E-state index contributed by atoms with van der Waals surface area (Å²) in [4.78, 5) is 24.3. The number of fused-ring (bicyclic) bond motifs is 1. The van der Waals surface area contributed by atoms with Crippen molar-refractivity contribution in [2.75, 3.05) is 25.5 Å². The number of carboxylic acid groups (broad SMARTS) is 1. The van der Waals surface area contributed by atoms with Gasteiger partial charge >= 0.3 is 5.97 Å². The zero-order valence-electron chi connectivity index (χ0n) is 14.7. The predicted molar refractivity (Wildman–Crippen MR) is 98.7 cm³/mol. The van der Waals surface area contributed by atoms with E-state index in [-0.39, 0.29) is 4.90 Å². The van der Waals surface area contributed by atoms with Gasteiger partial charge in [-0.25, -0.2) is 8.42 Å². The van der Waals surface area contributed by atoms with E-state index < -0.39 is 34.5 Å². The summed E-state index contributed by atoms with van der Waals surface area (Å²) < 4.78 is 27.8. The van der Waals surface area contributed by atoms with Crippen LogP contribution in [0.5, 0.6) is 0 Å². The van der Waals surface area contributed by atoms with Gasteiger partial charge in [0, 0.05) is 30.6 Å². The van der Waals surface area contributed by atoms with E-state index in [9.17, 15) is 18.0 Å². The number of nitrogens with zero attached hydrogens (tertiary/aromatic N) is 1. The van der Waals surface area contributed by atoms with Gasteiger partial charge < -0.3 is 15.3 Å². The Hall–Kier alpha value is -2.65. The number of anilines is 1. The second kappa shape index (κ2) is 7.71. The van der Waals surface area contributed by atoms with Gasteiger partial charge in [0.25, 0.3) is 0 Å². The fourth-order valence-electron chi connectivity index (χ4n) is 2.55. The van der Waals surface area contributed by atoms with Crippen LogP contribution in [0.1, 0.15) is 6.92 Å². The number of sulfonamides is 1. The maximum absolute atomic E-state index is 12.8. The van der Waals surface area contributed by atoms with Gasteiger partial charge in [-0.05, 0) is 19.1 Å². The number of carbonyl (C=O) groups is 2. The molecule has 0 aliphatic heterocycles. The molecule has 0 radical (unpaired) electrons. The van der Waals surface area contributed by atoms with Crippen molar-refractivity contribution in [3.05, 3.63) is 36.4 Å². The second-order valence-electron chi connectivity index (χ2n) is 5.98. The SMILES string of the molecule is C[C@H](NS(=O)(=O)c1cccc2c(N(C)C)cccc12)C(=O)NCC(=O)O. The Bertz CT molecular complexity index is 941. The Morgan fingerprint density at radius 3 is 2.35 bits per heavy atom. The Labute approximate surface area is 151 Å². The molecule has 2 rings (SSSR count). The monoisotopic (exact) mass is 379 g/mol. The first-order chi connectivity index (χ1) is 12.1. The normalized spacial score (nSPS) is 12.6. The summed E-state index contributed by atoms with van der Waals surface area (Å²) in [5, 5.41) is 12.0. The highest BCUT2D eigenvalue weighted by molar-refractivity contribution is 7.89. The Morgan fingerprint density at radius 2 is 1.73 bits per heavy atom. The van der Waals surface area contributed by atoms with Crippen molar-refractivity contribution >= 4 is 38.4 Å². The smallest absolute Gasteiger partial charge is 0.322 e. The molecule has 1 atom stereocenters. The van der Waals surface area contributed by atoms with Crippen molar-refractivity contribution in [2.45, 2.75) is 17.9 Å². The summed E-state index contributed by atoms with van der Waals surface area (Å²) in [7, 11) is -0.261. The molecule has 0 saturated carbocycles. The van der Waals surface area contributed by atoms with E-state index in [1.165, 1.54) is 13.0 Å². The lowest BCUT2D eigenvalue weighted by Crippen LogP contribution is -2.46. The van der Waals surface area contributed by atoms with Gasteiger partial charge in [-0.2, -0.15) is 4.72 Å². The predicted octanol–water partition coefficient (Wildman–Crippen LogP) is 0.773. The molecule has 0 aliphatic carbocycles. The maximum Gasteiger partial charge on any atom is 0.322 e. The lowest BCUT2D eigenvalue weighted by molar-refractivity contribution is -0.138. The summed E-state index contributed by atoms with van der Waals surface area (Å²) in [5.41, 5.74) is 0.867. The van der Waals surface area contributed by atoms with Gasteiger partial charge in [0.05, 0.1) is 10.9 Å². The molecule has 2 aromatic carbocycles.